The summed E-state index contributed by atoms with van der Waals surface area (Å²) in [6.45, 7) is 2.32. The fourth-order valence-corrected chi connectivity index (χ4v) is 0.927. The lowest BCUT2D eigenvalue weighted by Gasteiger charge is -2.04. The molecule has 1 rings (SSSR count). The van der Waals surface area contributed by atoms with Gasteiger partial charge in [0.1, 0.15) is 0 Å². The highest BCUT2D eigenvalue weighted by molar-refractivity contribution is 5.90. The molecule has 14 heavy (non-hydrogen) atoms. The molecule has 0 aliphatic rings. The molecule has 0 spiro atoms. The molecule has 0 radical (unpaired) electrons. The van der Waals surface area contributed by atoms with Crippen molar-refractivity contribution in [2.75, 3.05) is 19.1 Å². The Labute approximate surface area is 82.6 Å². The Hall–Kier alpha value is -1.55. The van der Waals surface area contributed by atoms with E-state index in [-0.39, 0.29) is 6.79 Å². The second kappa shape index (κ2) is 5.24. The molecule has 0 bridgehead atoms. The van der Waals surface area contributed by atoms with Crippen LogP contribution in [-0.2, 0) is 9.47 Å². The summed E-state index contributed by atoms with van der Waals surface area (Å²) in [5.41, 5.74) is 6.48. The average molecular weight is 195 g/mol. The number of ether oxygens (including phenoxy) is 2. The van der Waals surface area contributed by atoms with Crippen LogP contribution in [0.15, 0.2) is 24.3 Å². The van der Waals surface area contributed by atoms with Gasteiger partial charge in [-0.2, -0.15) is 0 Å². The van der Waals surface area contributed by atoms with E-state index in [1.165, 1.54) is 0 Å². The van der Waals surface area contributed by atoms with Gasteiger partial charge in [0.2, 0.25) is 0 Å². The van der Waals surface area contributed by atoms with Gasteiger partial charge in [-0.05, 0) is 25.1 Å². The van der Waals surface area contributed by atoms with Crippen molar-refractivity contribution in [1.82, 2.24) is 0 Å². The Morgan fingerprint density at radius 1 is 1.50 bits per heavy atom. The van der Waals surface area contributed by atoms with Gasteiger partial charge in [-0.3, -0.25) is 0 Å². The van der Waals surface area contributed by atoms with E-state index in [4.69, 9.17) is 15.2 Å². The first-order valence-electron chi connectivity index (χ1n) is 4.34. The first-order chi connectivity index (χ1) is 6.74. The van der Waals surface area contributed by atoms with Crippen molar-refractivity contribution < 1.29 is 14.3 Å². The van der Waals surface area contributed by atoms with Crippen LogP contribution in [0, 0.1) is 0 Å². The summed E-state index contributed by atoms with van der Waals surface area (Å²) >= 11 is 0. The number of hydrogen-bond acceptors (Lipinski definition) is 4. The molecule has 0 amide bonds. The highest BCUT2D eigenvalue weighted by Gasteiger charge is 2.06. The number of hydrogen-bond donors (Lipinski definition) is 1. The lowest BCUT2D eigenvalue weighted by Crippen LogP contribution is -2.08. The molecule has 1 aromatic carbocycles. The number of nitrogen functional groups attached to an aromatic ring is 1. The van der Waals surface area contributed by atoms with Crippen molar-refractivity contribution >= 4 is 11.7 Å². The third-order valence-electron chi connectivity index (χ3n) is 1.60. The number of esters is 1. The molecule has 0 saturated carbocycles. The van der Waals surface area contributed by atoms with Crippen LogP contribution in [0.4, 0.5) is 5.69 Å². The Bertz CT molecular complexity index is 312. The molecule has 0 unspecified atom stereocenters. The molecule has 0 heterocycles. The van der Waals surface area contributed by atoms with Gasteiger partial charge < -0.3 is 15.2 Å². The second-order valence-corrected chi connectivity index (χ2v) is 2.67. The molecule has 0 atom stereocenters. The van der Waals surface area contributed by atoms with Crippen LogP contribution in [0.1, 0.15) is 17.3 Å². The smallest absolute Gasteiger partial charge is 0.340 e. The minimum atomic E-state index is -0.425. The first-order valence-corrected chi connectivity index (χ1v) is 4.34. The topological polar surface area (TPSA) is 61.5 Å². The van der Waals surface area contributed by atoms with Crippen LogP contribution in [0.3, 0.4) is 0 Å². The van der Waals surface area contributed by atoms with Gasteiger partial charge in [-0.15, -0.1) is 0 Å². The molecule has 0 fully saturated rings. The molecule has 0 aromatic heterocycles. The van der Waals surface area contributed by atoms with Gasteiger partial charge in [0.25, 0.3) is 0 Å². The summed E-state index contributed by atoms with van der Waals surface area (Å²) in [7, 11) is 0. The van der Waals surface area contributed by atoms with Crippen LogP contribution in [0.5, 0.6) is 0 Å². The van der Waals surface area contributed by atoms with E-state index in [2.05, 4.69) is 0 Å². The Morgan fingerprint density at radius 2 is 2.29 bits per heavy atom. The quantitative estimate of drug-likeness (QED) is 0.341. The molecule has 0 saturated heterocycles. The van der Waals surface area contributed by atoms with Crippen LogP contribution in [-0.4, -0.2) is 19.4 Å². The minimum absolute atomic E-state index is 0.0237. The average Bonchev–Trinajstić information content (AvgIpc) is 2.18. The number of nitrogens with two attached hydrogens (primary N) is 1. The molecule has 0 aliphatic heterocycles. The molecule has 4 heteroatoms. The largest absolute Gasteiger partial charge is 0.435 e. The number of benzene rings is 1. The van der Waals surface area contributed by atoms with E-state index in [0.717, 1.165) is 0 Å². The van der Waals surface area contributed by atoms with Crippen LogP contribution >= 0.6 is 0 Å². The fraction of sp³-hybridized carbons (Fsp3) is 0.300. The van der Waals surface area contributed by atoms with E-state index in [9.17, 15) is 4.79 Å². The van der Waals surface area contributed by atoms with Crippen molar-refractivity contribution in [3.8, 4) is 0 Å². The second-order valence-electron chi connectivity index (χ2n) is 2.67. The zero-order chi connectivity index (χ0) is 10.4. The number of anilines is 1. The highest BCUT2D eigenvalue weighted by Crippen LogP contribution is 2.07. The predicted molar refractivity (Wildman–Crippen MR) is 52.8 cm³/mol. The lowest BCUT2D eigenvalue weighted by molar-refractivity contribution is -0.0274. The SMILES string of the molecule is CCOCOC(=O)c1cccc(N)c1. The van der Waals surface area contributed by atoms with Crippen molar-refractivity contribution in [1.29, 1.82) is 0 Å². The zero-order valence-electron chi connectivity index (χ0n) is 8.03. The maximum absolute atomic E-state index is 11.3. The zero-order valence-corrected chi connectivity index (χ0v) is 8.03. The van der Waals surface area contributed by atoms with E-state index >= 15 is 0 Å². The monoisotopic (exact) mass is 195 g/mol. The van der Waals surface area contributed by atoms with E-state index in [1.807, 2.05) is 6.92 Å². The van der Waals surface area contributed by atoms with Crippen molar-refractivity contribution in [3.63, 3.8) is 0 Å². The van der Waals surface area contributed by atoms with Crippen molar-refractivity contribution in [2.45, 2.75) is 6.92 Å². The Kier molecular flexibility index (Phi) is 3.94. The third kappa shape index (κ3) is 3.06. The standard InChI is InChI=1S/C10H13NO3/c1-2-13-7-14-10(12)8-4-3-5-9(11)6-8/h3-6H,2,7,11H2,1H3. The van der Waals surface area contributed by atoms with E-state index < -0.39 is 5.97 Å². The molecule has 0 aliphatic carbocycles. The van der Waals surface area contributed by atoms with Crippen LogP contribution < -0.4 is 5.73 Å². The summed E-state index contributed by atoms with van der Waals surface area (Å²) in [4.78, 5) is 11.3. The van der Waals surface area contributed by atoms with Crippen LogP contribution in [0.2, 0.25) is 0 Å². The van der Waals surface area contributed by atoms with Gasteiger partial charge in [0.05, 0.1) is 5.56 Å². The lowest BCUT2D eigenvalue weighted by atomic mass is 10.2. The maximum atomic E-state index is 11.3. The molecule has 76 valence electrons. The predicted octanol–water partition coefficient (Wildman–Crippen LogP) is 1.42. The van der Waals surface area contributed by atoms with Crippen molar-refractivity contribution in [3.05, 3.63) is 29.8 Å². The Balaban J connectivity index is 2.52. The molecular weight excluding hydrogens is 182 g/mol. The third-order valence-corrected chi connectivity index (χ3v) is 1.60. The minimum Gasteiger partial charge on any atom is -0.435 e. The highest BCUT2D eigenvalue weighted by atomic mass is 16.7. The van der Waals surface area contributed by atoms with Gasteiger partial charge in [-0.1, -0.05) is 6.07 Å². The molecule has 1 aromatic rings. The normalized spacial score (nSPS) is 9.79. The summed E-state index contributed by atoms with van der Waals surface area (Å²) in [6, 6.07) is 6.62. The first kappa shape index (κ1) is 10.5. The fourth-order valence-electron chi connectivity index (χ4n) is 0.927. The summed E-state index contributed by atoms with van der Waals surface area (Å²) in [6.07, 6.45) is 0. The van der Waals surface area contributed by atoms with Crippen LogP contribution in [0.25, 0.3) is 0 Å². The van der Waals surface area contributed by atoms with Gasteiger partial charge in [-0.25, -0.2) is 4.79 Å². The molecule has 4 nitrogen and oxygen atoms in total. The molecular formula is C10H13NO3. The van der Waals surface area contributed by atoms with E-state index in [1.54, 1.807) is 24.3 Å². The van der Waals surface area contributed by atoms with Crippen molar-refractivity contribution in [2.24, 2.45) is 0 Å². The number of rotatable bonds is 4. The van der Waals surface area contributed by atoms with Gasteiger partial charge in [0, 0.05) is 12.3 Å². The maximum Gasteiger partial charge on any atom is 0.340 e. The van der Waals surface area contributed by atoms with Gasteiger partial charge >= 0.3 is 5.97 Å². The summed E-state index contributed by atoms with van der Waals surface area (Å²) in [5, 5.41) is 0. The van der Waals surface area contributed by atoms with E-state index in [0.29, 0.717) is 17.9 Å². The Morgan fingerprint density at radius 3 is 2.93 bits per heavy atom. The molecule has 2 N–H and O–H groups in total. The van der Waals surface area contributed by atoms with Gasteiger partial charge in [0.15, 0.2) is 6.79 Å². The number of carbonyl (C=O) groups is 1. The summed E-state index contributed by atoms with van der Waals surface area (Å²) < 4.78 is 9.69. The number of carbonyl (C=O) groups excluding carboxylic acids is 1. The summed E-state index contributed by atoms with van der Waals surface area (Å²) in [5.74, 6) is -0.425.